The Morgan fingerprint density at radius 2 is 1.85 bits per heavy atom. The molecule has 0 saturated carbocycles. The molecular formula is C19H26N4O3. The lowest BCUT2D eigenvalue weighted by Crippen LogP contribution is -2.26. The zero-order chi connectivity index (χ0) is 18.9. The van der Waals surface area contributed by atoms with Crippen LogP contribution in [0.15, 0.2) is 30.3 Å². The van der Waals surface area contributed by atoms with Gasteiger partial charge in [-0.2, -0.15) is 0 Å². The van der Waals surface area contributed by atoms with Crippen molar-refractivity contribution < 1.29 is 14.3 Å². The van der Waals surface area contributed by atoms with Gasteiger partial charge in [0.15, 0.2) is 17.2 Å². The highest BCUT2D eigenvalue weighted by Gasteiger charge is 2.08. The van der Waals surface area contributed by atoms with Gasteiger partial charge in [0.1, 0.15) is 5.82 Å². The van der Waals surface area contributed by atoms with Crippen LogP contribution in [0.1, 0.15) is 36.3 Å². The second-order valence-corrected chi connectivity index (χ2v) is 6.29. The summed E-state index contributed by atoms with van der Waals surface area (Å²) in [5, 5.41) is 14.1. The molecule has 1 aromatic heterocycles. The number of anilines is 1. The van der Waals surface area contributed by atoms with Crippen LogP contribution < -0.4 is 20.1 Å². The van der Waals surface area contributed by atoms with Crippen LogP contribution >= 0.6 is 0 Å². The van der Waals surface area contributed by atoms with Crippen LogP contribution in [0, 0.1) is 5.92 Å². The second kappa shape index (κ2) is 9.60. The van der Waals surface area contributed by atoms with Crippen LogP contribution in [-0.2, 0) is 6.54 Å². The van der Waals surface area contributed by atoms with Crippen molar-refractivity contribution in [1.82, 2.24) is 15.5 Å². The fourth-order valence-corrected chi connectivity index (χ4v) is 2.30. The third kappa shape index (κ3) is 5.61. The summed E-state index contributed by atoms with van der Waals surface area (Å²) in [6, 6.07) is 9.10. The molecule has 0 radical (unpaired) electrons. The summed E-state index contributed by atoms with van der Waals surface area (Å²) < 4.78 is 10.5. The number of carbonyl (C=O) groups is 1. The van der Waals surface area contributed by atoms with Gasteiger partial charge >= 0.3 is 0 Å². The average Bonchev–Trinajstić information content (AvgIpc) is 2.66. The van der Waals surface area contributed by atoms with Gasteiger partial charge in [-0.15, -0.1) is 10.2 Å². The molecule has 0 bridgehead atoms. The first-order chi connectivity index (χ1) is 12.5. The van der Waals surface area contributed by atoms with Crippen LogP contribution in [0.4, 0.5) is 5.82 Å². The van der Waals surface area contributed by atoms with Crippen molar-refractivity contribution in [3.63, 3.8) is 0 Å². The Balaban J connectivity index is 1.90. The minimum Gasteiger partial charge on any atom is -0.493 e. The van der Waals surface area contributed by atoms with Gasteiger partial charge in [0, 0.05) is 13.1 Å². The molecule has 0 aliphatic heterocycles. The number of ether oxygens (including phenoxy) is 2. The largest absolute Gasteiger partial charge is 0.493 e. The Morgan fingerprint density at radius 3 is 2.46 bits per heavy atom. The molecule has 0 unspecified atom stereocenters. The molecule has 7 heteroatoms. The van der Waals surface area contributed by atoms with Crippen LogP contribution in [0.25, 0.3) is 0 Å². The fourth-order valence-electron chi connectivity index (χ4n) is 2.30. The van der Waals surface area contributed by atoms with Crippen molar-refractivity contribution in [3.05, 3.63) is 41.6 Å². The molecule has 0 spiro atoms. The predicted molar refractivity (Wildman–Crippen MR) is 101 cm³/mol. The molecule has 0 aliphatic rings. The number of amides is 1. The lowest BCUT2D eigenvalue weighted by molar-refractivity contribution is 0.0946. The maximum absolute atomic E-state index is 12.0. The summed E-state index contributed by atoms with van der Waals surface area (Å²) in [5.41, 5.74) is 1.32. The summed E-state index contributed by atoms with van der Waals surface area (Å²) in [6.07, 6.45) is 0.935. The highest BCUT2D eigenvalue weighted by molar-refractivity contribution is 5.92. The average molecular weight is 358 g/mol. The smallest absolute Gasteiger partial charge is 0.271 e. The number of benzene rings is 1. The molecule has 1 heterocycles. The van der Waals surface area contributed by atoms with E-state index in [9.17, 15) is 4.79 Å². The molecular weight excluding hydrogens is 332 g/mol. The number of rotatable bonds is 9. The van der Waals surface area contributed by atoms with Gasteiger partial charge < -0.3 is 20.1 Å². The van der Waals surface area contributed by atoms with Gasteiger partial charge in [0.05, 0.1) is 14.2 Å². The number of carbonyl (C=O) groups excluding carboxylic acids is 1. The molecule has 0 fully saturated rings. The van der Waals surface area contributed by atoms with Gasteiger partial charge in [-0.05, 0) is 42.2 Å². The van der Waals surface area contributed by atoms with Crippen molar-refractivity contribution in [2.45, 2.75) is 26.8 Å². The summed E-state index contributed by atoms with van der Waals surface area (Å²) >= 11 is 0. The number of hydrogen-bond donors (Lipinski definition) is 2. The molecule has 140 valence electrons. The van der Waals surface area contributed by atoms with Gasteiger partial charge in [-0.3, -0.25) is 4.79 Å². The zero-order valence-corrected chi connectivity index (χ0v) is 15.7. The first-order valence-electron chi connectivity index (χ1n) is 8.60. The van der Waals surface area contributed by atoms with Crippen LogP contribution in [0.3, 0.4) is 0 Å². The van der Waals surface area contributed by atoms with E-state index in [-0.39, 0.29) is 5.91 Å². The van der Waals surface area contributed by atoms with E-state index in [2.05, 4.69) is 34.7 Å². The highest BCUT2D eigenvalue weighted by atomic mass is 16.5. The second-order valence-electron chi connectivity index (χ2n) is 6.29. The number of nitrogens with one attached hydrogen (secondary N) is 2. The van der Waals surface area contributed by atoms with Gasteiger partial charge in [-0.25, -0.2) is 0 Å². The Labute approximate surface area is 154 Å². The lowest BCUT2D eigenvalue weighted by Gasteiger charge is -2.10. The fraction of sp³-hybridized carbons (Fsp3) is 0.421. The van der Waals surface area contributed by atoms with Gasteiger partial charge in [-0.1, -0.05) is 19.9 Å². The van der Waals surface area contributed by atoms with Gasteiger partial charge in [0.25, 0.3) is 5.91 Å². The molecule has 0 atom stereocenters. The number of methoxy groups -OCH3 is 2. The normalized spacial score (nSPS) is 10.5. The first kappa shape index (κ1) is 19.5. The van der Waals surface area contributed by atoms with Crippen LogP contribution in [0.2, 0.25) is 0 Å². The van der Waals surface area contributed by atoms with E-state index >= 15 is 0 Å². The SMILES string of the molecule is COc1ccc(CNc2ccc(C(=O)NCCC(C)C)nn2)cc1OC. The molecule has 0 aliphatic carbocycles. The van der Waals surface area contributed by atoms with Crippen molar-refractivity contribution in [3.8, 4) is 11.5 Å². The van der Waals surface area contributed by atoms with Crippen molar-refractivity contribution >= 4 is 11.7 Å². The Hall–Kier alpha value is -2.83. The quantitative estimate of drug-likeness (QED) is 0.717. The van der Waals surface area contributed by atoms with E-state index in [1.54, 1.807) is 26.4 Å². The Kier molecular flexibility index (Phi) is 7.20. The van der Waals surface area contributed by atoms with Crippen LogP contribution in [0.5, 0.6) is 11.5 Å². The van der Waals surface area contributed by atoms with Crippen molar-refractivity contribution in [2.75, 3.05) is 26.1 Å². The minimum absolute atomic E-state index is 0.204. The summed E-state index contributed by atoms with van der Waals surface area (Å²) in [7, 11) is 3.21. The van der Waals surface area contributed by atoms with Crippen molar-refractivity contribution in [2.24, 2.45) is 5.92 Å². The molecule has 2 aromatic rings. The molecule has 1 aromatic carbocycles. The van der Waals surface area contributed by atoms with E-state index in [0.29, 0.717) is 42.0 Å². The van der Waals surface area contributed by atoms with E-state index in [1.165, 1.54) is 0 Å². The Bertz CT molecular complexity index is 717. The van der Waals surface area contributed by atoms with E-state index in [0.717, 1.165) is 12.0 Å². The number of nitrogens with zero attached hydrogens (tertiary/aromatic N) is 2. The molecule has 0 saturated heterocycles. The van der Waals surface area contributed by atoms with E-state index in [4.69, 9.17) is 9.47 Å². The topological polar surface area (TPSA) is 85.4 Å². The van der Waals surface area contributed by atoms with Crippen molar-refractivity contribution in [1.29, 1.82) is 0 Å². The van der Waals surface area contributed by atoms with Crippen LogP contribution in [-0.4, -0.2) is 36.9 Å². The molecule has 2 rings (SSSR count). The standard InChI is InChI=1S/C19H26N4O3/c1-13(2)9-10-20-19(24)15-6-8-18(23-22-15)21-12-14-5-7-16(25-3)17(11-14)26-4/h5-8,11,13H,9-10,12H2,1-4H3,(H,20,24)(H,21,23). The molecule has 2 N–H and O–H groups in total. The predicted octanol–water partition coefficient (Wildman–Crippen LogP) is 2.88. The molecule has 26 heavy (non-hydrogen) atoms. The van der Waals surface area contributed by atoms with E-state index < -0.39 is 0 Å². The maximum atomic E-state index is 12.0. The first-order valence-corrected chi connectivity index (χ1v) is 8.60. The molecule has 7 nitrogen and oxygen atoms in total. The maximum Gasteiger partial charge on any atom is 0.271 e. The minimum atomic E-state index is -0.204. The number of aromatic nitrogens is 2. The third-order valence-corrected chi connectivity index (χ3v) is 3.83. The summed E-state index contributed by atoms with van der Waals surface area (Å²) in [5.74, 6) is 2.29. The summed E-state index contributed by atoms with van der Waals surface area (Å²) in [4.78, 5) is 12.0. The summed E-state index contributed by atoms with van der Waals surface area (Å²) in [6.45, 7) is 5.42. The van der Waals surface area contributed by atoms with Gasteiger partial charge in [0.2, 0.25) is 0 Å². The molecule has 1 amide bonds. The highest BCUT2D eigenvalue weighted by Crippen LogP contribution is 2.27. The number of hydrogen-bond acceptors (Lipinski definition) is 6. The zero-order valence-electron chi connectivity index (χ0n) is 15.7. The Morgan fingerprint density at radius 1 is 1.08 bits per heavy atom. The monoisotopic (exact) mass is 358 g/mol. The third-order valence-electron chi connectivity index (χ3n) is 3.83. The lowest BCUT2D eigenvalue weighted by atomic mass is 10.1. The van der Waals surface area contributed by atoms with E-state index in [1.807, 2.05) is 18.2 Å².